The van der Waals surface area contributed by atoms with Crippen molar-refractivity contribution in [1.29, 1.82) is 0 Å². The molecule has 0 spiro atoms. The highest BCUT2D eigenvalue weighted by atomic mass is 127. The van der Waals surface area contributed by atoms with Gasteiger partial charge >= 0.3 is 0 Å². The van der Waals surface area contributed by atoms with Gasteiger partial charge in [0.15, 0.2) is 11.8 Å². The van der Waals surface area contributed by atoms with E-state index in [4.69, 9.17) is 0 Å². The number of hydrogen-bond acceptors (Lipinski definition) is 4. The minimum atomic E-state index is -0.895. The number of aryl methyl sites for hydroxylation is 1. The van der Waals surface area contributed by atoms with Crippen molar-refractivity contribution in [2.75, 3.05) is 19.3 Å². The van der Waals surface area contributed by atoms with Gasteiger partial charge in [0, 0.05) is 54.3 Å². The number of nitrogens with one attached hydrogen (secondary N) is 2. The first-order valence-electron chi connectivity index (χ1n) is 9.85. The van der Waals surface area contributed by atoms with Gasteiger partial charge in [0.1, 0.15) is 5.82 Å². The second kappa shape index (κ2) is 11.6. The van der Waals surface area contributed by atoms with E-state index in [0.29, 0.717) is 24.0 Å². The van der Waals surface area contributed by atoms with E-state index in [0.717, 1.165) is 42.6 Å². The zero-order valence-corrected chi connectivity index (χ0v) is 20.4. The van der Waals surface area contributed by atoms with Crippen LogP contribution >= 0.6 is 24.0 Å². The predicted molar refractivity (Wildman–Crippen MR) is 129 cm³/mol. The molecule has 1 aromatic heterocycles. The van der Waals surface area contributed by atoms with E-state index in [1.807, 2.05) is 35.0 Å². The molecule has 2 heterocycles. The molecule has 0 radical (unpaired) electrons. The van der Waals surface area contributed by atoms with E-state index in [-0.39, 0.29) is 30.0 Å². The lowest BCUT2D eigenvalue weighted by atomic mass is 10.1. The Labute approximate surface area is 192 Å². The molecule has 29 heavy (non-hydrogen) atoms. The van der Waals surface area contributed by atoms with Crippen molar-refractivity contribution in [2.24, 2.45) is 4.99 Å². The highest BCUT2D eigenvalue weighted by molar-refractivity contribution is 14.0. The van der Waals surface area contributed by atoms with Crippen LogP contribution in [0.25, 0.3) is 0 Å². The van der Waals surface area contributed by atoms with Crippen LogP contribution in [0.3, 0.4) is 0 Å². The van der Waals surface area contributed by atoms with Gasteiger partial charge in [-0.1, -0.05) is 44.2 Å². The minimum Gasteiger partial charge on any atom is -0.355 e. The average Bonchev–Trinajstić information content (AvgIpc) is 3.11. The maximum atomic E-state index is 12.3. The van der Waals surface area contributed by atoms with Gasteiger partial charge in [0.25, 0.3) is 0 Å². The van der Waals surface area contributed by atoms with Crippen molar-refractivity contribution in [1.82, 2.24) is 25.4 Å². The Kier molecular flexibility index (Phi) is 9.54. The SMILES string of the molecule is CN=C(NCCS(=O)Cc1ccccc1)NC1CCc2nc(C(C)C)nn2C1.I. The Morgan fingerprint density at radius 1 is 1.34 bits per heavy atom. The number of benzene rings is 1. The summed E-state index contributed by atoms with van der Waals surface area (Å²) in [6.07, 6.45) is 1.91. The van der Waals surface area contributed by atoms with Gasteiger partial charge in [0.2, 0.25) is 0 Å². The van der Waals surface area contributed by atoms with Crippen molar-refractivity contribution >= 4 is 40.7 Å². The van der Waals surface area contributed by atoms with E-state index in [2.05, 4.69) is 39.6 Å². The largest absolute Gasteiger partial charge is 0.355 e. The number of aromatic nitrogens is 3. The van der Waals surface area contributed by atoms with Crippen LogP contribution in [-0.4, -0.2) is 50.3 Å². The van der Waals surface area contributed by atoms with Crippen LogP contribution in [0.5, 0.6) is 0 Å². The molecule has 2 atom stereocenters. The number of aliphatic imine (C=N–C) groups is 1. The molecule has 0 amide bonds. The van der Waals surface area contributed by atoms with E-state index in [1.165, 1.54) is 0 Å². The van der Waals surface area contributed by atoms with Gasteiger partial charge in [-0.2, -0.15) is 5.10 Å². The van der Waals surface area contributed by atoms with Crippen molar-refractivity contribution in [3.8, 4) is 0 Å². The molecule has 2 aromatic rings. The third-order valence-corrected chi connectivity index (χ3v) is 6.06. The Hall–Kier alpha value is -1.49. The smallest absolute Gasteiger partial charge is 0.191 e. The fraction of sp³-hybridized carbons (Fsp3) is 0.550. The zero-order valence-electron chi connectivity index (χ0n) is 17.3. The van der Waals surface area contributed by atoms with Crippen LogP contribution in [0.4, 0.5) is 0 Å². The summed E-state index contributed by atoms with van der Waals surface area (Å²) in [6, 6.07) is 10.2. The number of hydrogen-bond donors (Lipinski definition) is 2. The first kappa shape index (κ1) is 23.8. The van der Waals surface area contributed by atoms with Crippen LogP contribution in [0.15, 0.2) is 35.3 Å². The third-order valence-electron chi connectivity index (χ3n) is 4.75. The normalized spacial score (nSPS) is 17.4. The van der Waals surface area contributed by atoms with E-state index < -0.39 is 10.8 Å². The van der Waals surface area contributed by atoms with Crippen LogP contribution in [0.2, 0.25) is 0 Å². The van der Waals surface area contributed by atoms with E-state index in [9.17, 15) is 4.21 Å². The highest BCUT2D eigenvalue weighted by Gasteiger charge is 2.23. The molecule has 1 aliphatic rings. The molecule has 1 aliphatic heterocycles. The molecule has 9 heteroatoms. The average molecular weight is 530 g/mol. The second-order valence-electron chi connectivity index (χ2n) is 7.38. The number of halogens is 1. The second-order valence-corrected chi connectivity index (χ2v) is 8.95. The minimum absolute atomic E-state index is 0. The van der Waals surface area contributed by atoms with Crippen molar-refractivity contribution in [3.63, 3.8) is 0 Å². The van der Waals surface area contributed by atoms with Gasteiger partial charge in [-0.05, 0) is 12.0 Å². The zero-order chi connectivity index (χ0) is 19.9. The van der Waals surface area contributed by atoms with Crippen molar-refractivity contribution in [3.05, 3.63) is 47.5 Å². The summed E-state index contributed by atoms with van der Waals surface area (Å²) in [5, 5.41) is 11.4. The first-order chi connectivity index (χ1) is 13.5. The van der Waals surface area contributed by atoms with E-state index in [1.54, 1.807) is 7.05 Å². The van der Waals surface area contributed by atoms with Crippen molar-refractivity contribution < 1.29 is 4.21 Å². The maximum absolute atomic E-state index is 12.3. The monoisotopic (exact) mass is 530 g/mol. The Morgan fingerprint density at radius 3 is 2.79 bits per heavy atom. The summed E-state index contributed by atoms with van der Waals surface area (Å²) < 4.78 is 14.3. The molecule has 3 rings (SSSR count). The maximum Gasteiger partial charge on any atom is 0.191 e. The summed E-state index contributed by atoms with van der Waals surface area (Å²) in [6.45, 7) is 5.64. The van der Waals surface area contributed by atoms with Crippen LogP contribution < -0.4 is 10.6 Å². The molecule has 160 valence electrons. The molecule has 0 saturated heterocycles. The molecule has 0 bridgehead atoms. The molecule has 0 aliphatic carbocycles. The van der Waals surface area contributed by atoms with E-state index >= 15 is 0 Å². The molecule has 0 fully saturated rings. The third kappa shape index (κ3) is 7.06. The summed E-state index contributed by atoms with van der Waals surface area (Å²) in [7, 11) is 0.865. The van der Waals surface area contributed by atoms with Gasteiger partial charge in [-0.25, -0.2) is 9.67 Å². The van der Waals surface area contributed by atoms with Crippen LogP contribution in [0, 0.1) is 0 Å². The molecule has 2 N–H and O–H groups in total. The van der Waals surface area contributed by atoms with Crippen molar-refractivity contribution in [2.45, 2.75) is 50.9 Å². The Bertz CT molecular complexity index is 824. The summed E-state index contributed by atoms with van der Waals surface area (Å²) in [4.78, 5) is 8.93. The van der Waals surface area contributed by atoms with Crippen LogP contribution in [-0.2, 0) is 29.5 Å². The van der Waals surface area contributed by atoms with Crippen LogP contribution in [0.1, 0.15) is 43.4 Å². The van der Waals surface area contributed by atoms with Gasteiger partial charge in [0.05, 0.1) is 6.54 Å². The predicted octanol–water partition coefficient (Wildman–Crippen LogP) is 2.45. The fourth-order valence-corrected chi connectivity index (χ4v) is 4.23. The quantitative estimate of drug-likeness (QED) is 0.327. The Balaban J connectivity index is 0.00000300. The molecule has 7 nitrogen and oxygen atoms in total. The first-order valence-corrected chi connectivity index (χ1v) is 11.3. The lowest BCUT2D eigenvalue weighted by Gasteiger charge is -2.25. The molecule has 0 saturated carbocycles. The number of guanidine groups is 1. The Morgan fingerprint density at radius 2 is 2.10 bits per heavy atom. The standard InChI is InChI=1S/C20H30N6OS.HI/c1-15(2)19-24-18-10-9-17(13-26(18)25-19)23-20(21-3)22-11-12-28(27)14-16-7-5-4-6-8-16;/h4-8,15,17H,9-14H2,1-3H3,(H2,21,22,23);1H. The van der Waals surface area contributed by atoms with Gasteiger partial charge in [-0.15, -0.1) is 24.0 Å². The molecular weight excluding hydrogens is 499 g/mol. The van der Waals surface area contributed by atoms with Gasteiger partial charge < -0.3 is 10.6 Å². The summed E-state index contributed by atoms with van der Waals surface area (Å²) in [5.41, 5.74) is 1.11. The topological polar surface area (TPSA) is 84.2 Å². The number of fused-ring (bicyclic) bond motifs is 1. The lowest BCUT2D eigenvalue weighted by molar-refractivity contribution is 0.392. The molecular formula is C20H31IN6OS. The molecule has 1 aromatic carbocycles. The van der Waals surface area contributed by atoms with Gasteiger partial charge in [-0.3, -0.25) is 9.20 Å². The fourth-order valence-electron chi connectivity index (χ4n) is 3.19. The summed E-state index contributed by atoms with van der Waals surface area (Å²) in [5.74, 6) is 4.25. The highest BCUT2D eigenvalue weighted by Crippen LogP contribution is 2.16. The lowest BCUT2D eigenvalue weighted by Crippen LogP contribution is -2.47. The number of nitrogens with zero attached hydrogens (tertiary/aromatic N) is 4. The molecule has 2 unspecified atom stereocenters. The summed E-state index contributed by atoms with van der Waals surface area (Å²) >= 11 is 0. The number of rotatable bonds is 7.